The third-order valence-corrected chi connectivity index (χ3v) is 2.73. The van der Waals surface area contributed by atoms with E-state index in [0.29, 0.717) is 26.3 Å². The van der Waals surface area contributed by atoms with Gasteiger partial charge in [-0.15, -0.1) is 10.2 Å². The van der Waals surface area contributed by atoms with Crippen molar-refractivity contribution in [2.45, 2.75) is 0 Å². The number of aromatic nitrogens is 3. The Balaban J connectivity index is 2.41. The van der Waals surface area contributed by atoms with Gasteiger partial charge in [-0.05, 0) is 0 Å². The van der Waals surface area contributed by atoms with Crippen molar-refractivity contribution in [3.8, 4) is 0 Å². The average molecular weight is 282 g/mol. The summed E-state index contributed by atoms with van der Waals surface area (Å²) in [7, 11) is 2.45. The van der Waals surface area contributed by atoms with E-state index in [0.717, 1.165) is 0 Å². The van der Waals surface area contributed by atoms with Gasteiger partial charge in [-0.1, -0.05) is 0 Å². The molecule has 0 radical (unpaired) electrons. The first kappa shape index (κ1) is 14.1. The van der Waals surface area contributed by atoms with E-state index in [2.05, 4.69) is 24.7 Å². The third kappa shape index (κ3) is 2.82. The van der Waals surface area contributed by atoms with E-state index in [4.69, 9.17) is 4.74 Å². The molecule has 0 bridgehead atoms. The Hall–Kier alpha value is -2.29. The van der Waals surface area contributed by atoms with E-state index >= 15 is 0 Å². The molecule has 1 saturated heterocycles. The zero-order chi connectivity index (χ0) is 14.5. The molecular formula is C11H14N4O5. The van der Waals surface area contributed by atoms with Gasteiger partial charge in [-0.25, -0.2) is 14.6 Å². The molecule has 0 unspecified atom stereocenters. The fourth-order valence-corrected chi connectivity index (χ4v) is 1.72. The summed E-state index contributed by atoms with van der Waals surface area (Å²) in [6.45, 7) is 2.06. The van der Waals surface area contributed by atoms with E-state index in [1.165, 1.54) is 14.2 Å². The predicted octanol–water partition coefficient (Wildman–Crippen LogP) is -0.719. The van der Waals surface area contributed by atoms with Crippen molar-refractivity contribution in [2.75, 3.05) is 45.4 Å². The van der Waals surface area contributed by atoms with Gasteiger partial charge in [-0.2, -0.15) is 0 Å². The maximum Gasteiger partial charge on any atom is 0.378 e. The number of carbonyl (C=O) groups excluding carboxylic acids is 2. The smallest absolute Gasteiger partial charge is 0.378 e. The lowest BCUT2D eigenvalue weighted by Gasteiger charge is -2.28. The highest BCUT2D eigenvalue weighted by Gasteiger charge is 2.25. The SMILES string of the molecule is COC(=O)c1nnc(C(=O)OC)c(N2CCOCC2)n1. The highest BCUT2D eigenvalue weighted by molar-refractivity contribution is 5.93. The molecule has 0 N–H and O–H groups in total. The van der Waals surface area contributed by atoms with E-state index in [1.54, 1.807) is 4.90 Å². The highest BCUT2D eigenvalue weighted by Crippen LogP contribution is 2.17. The first-order valence-electron chi connectivity index (χ1n) is 5.91. The van der Waals surface area contributed by atoms with E-state index in [-0.39, 0.29) is 17.3 Å². The first-order valence-corrected chi connectivity index (χ1v) is 5.91. The summed E-state index contributed by atoms with van der Waals surface area (Å²) in [6, 6.07) is 0. The zero-order valence-electron chi connectivity index (χ0n) is 11.2. The minimum Gasteiger partial charge on any atom is -0.464 e. The Kier molecular flexibility index (Phi) is 4.41. The lowest BCUT2D eigenvalue weighted by Crippen LogP contribution is -2.38. The standard InChI is InChI=1S/C11H14N4O5/c1-18-10(16)7-9(15-3-5-20-6-4-15)12-8(14-13-7)11(17)19-2/h3-6H2,1-2H3. The van der Waals surface area contributed by atoms with Gasteiger partial charge in [-0.3, -0.25) is 0 Å². The maximum absolute atomic E-state index is 11.7. The lowest BCUT2D eigenvalue weighted by molar-refractivity contribution is 0.0566. The van der Waals surface area contributed by atoms with Gasteiger partial charge in [0.25, 0.3) is 5.82 Å². The summed E-state index contributed by atoms with van der Waals surface area (Å²) in [5.41, 5.74) is -0.0398. The molecule has 9 nitrogen and oxygen atoms in total. The van der Waals surface area contributed by atoms with Gasteiger partial charge in [0.1, 0.15) is 0 Å². The Labute approximate surface area is 114 Å². The largest absolute Gasteiger partial charge is 0.464 e. The van der Waals surface area contributed by atoms with Crippen molar-refractivity contribution in [3.63, 3.8) is 0 Å². The second-order valence-electron chi connectivity index (χ2n) is 3.89. The molecule has 0 spiro atoms. The van der Waals surface area contributed by atoms with E-state index in [1.807, 2.05) is 0 Å². The minimum absolute atomic E-state index is 0.0398. The van der Waals surface area contributed by atoms with E-state index < -0.39 is 11.9 Å². The van der Waals surface area contributed by atoms with Crippen LogP contribution in [0, 0.1) is 0 Å². The number of esters is 2. The van der Waals surface area contributed by atoms with Gasteiger partial charge < -0.3 is 19.1 Å². The number of carbonyl (C=O) groups is 2. The Morgan fingerprint density at radius 3 is 2.35 bits per heavy atom. The summed E-state index contributed by atoms with van der Waals surface area (Å²) in [5, 5.41) is 7.30. The van der Waals surface area contributed by atoms with Crippen molar-refractivity contribution in [3.05, 3.63) is 11.5 Å². The molecule has 1 fully saturated rings. The molecule has 108 valence electrons. The van der Waals surface area contributed by atoms with Gasteiger partial charge in [0.05, 0.1) is 27.4 Å². The van der Waals surface area contributed by atoms with Crippen LogP contribution in [-0.2, 0) is 14.2 Å². The highest BCUT2D eigenvalue weighted by atomic mass is 16.5. The average Bonchev–Trinajstić information content (AvgIpc) is 2.53. The van der Waals surface area contributed by atoms with E-state index in [9.17, 15) is 9.59 Å². The molecule has 1 aliphatic rings. The molecule has 1 aliphatic heterocycles. The minimum atomic E-state index is -0.719. The fraction of sp³-hybridized carbons (Fsp3) is 0.545. The maximum atomic E-state index is 11.7. The van der Waals surface area contributed by atoms with Crippen molar-refractivity contribution in [1.82, 2.24) is 15.2 Å². The molecule has 1 aromatic heterocycles. The molecule has 0 amide bonds. The topological polar surface area (TPSA) is 104 Å². The molecule has 9 heteroatoms. The number of hydrogen-bond acceptors (Lipinski definition) is 9. The molecular weight excluding hydrogens is 268 g/mol. The van der Waals surface area contributed by atoms with Crippen LogP contribution in [0.2, 0.25) is 0 Å². The van der Waals surface area contributed by atoms with Crippen LogP contribution in [-0.4, -0.2) is 67.6 Å². The van der Waals surface area contributed by atoms with Crippen molar-refractivity contribution in [1.29, 1.82) is 0 Å². The molecule has 1 aromatic rings. The first-order chi connectivity index (χ1) is 9.67. The monoisotopic (exact) mass is 282 g/mol. The van der Waals surface area contributed by atoms with Crippen molar-refractivity contribution in [2.24, 2.45) is 0 Å². The number of morpholine rings is 1. The van der Waals surface area contributed by atoms with Crippen LogP contribution >= 0.6 is 0 Å². The number of rotatable bonds is 3. The lowest BCUT2D eigenvalue weighted by atomic mass is 10.3. The summed E-state index contributed by atoms with van der Waals surface area (Å²) < 4.78 is 14.4. The Morgan fingerprint density at radius 1 is 1.10 bits per heavy atom. The Morgan fingerprint density at radius 2 is 1.75 bits per heavy atom. The molecule has 0 saturated carbocycles. The van der Waals surface area contributed by atoms with Crippen LogP contribution in [0.1, 0.15) is 21.1 Å². The number of ether oxygens (including phenoxy) is 3. The molecule has 0 aliphatic carbocycles. The van der Waals surface area contributed by atoms with Gasteiger partial charge in [0.15, 0.2) is 5.82 Å². The van der Waals surface area contributed by atoms with Crippen LogP contribution in [0.25, 0.3) is 0 Å². The number of methoxy groups -OCH3 is 2. The summed E-state index contributed by atoms with van der Waals surface area (Å²) in [4.78, 5) is 29.0. The molecule has 0 atom stereocenters. The number of anilines is 1. The Bertz CT molecular complexity index is 516. The van der Waals surface area contributed by atoms with Crippen molar-refractivity contribution >= 4 is 17.8 Å². The number of hydrogen-bond donors (Lipinski definition) is 0. The van der Waals surface area contributed by atoms with Gasteiger partial charge in [0, 0.05) is 13.1 Å². The fourth-order valence-electron chi connectivity index (χ4n) is 1.72. The van der Waals surface area contributed by atoms with Gasteiger partial charge >= 0.3 is 11.9 Å². The third-order valence-electron chi connectivity index (χ3n) is 2.73. The molecule has 2 rings (SSSR count). The quantitative estimate of drug-likeness (QED) is 0.664. The van der Waals surface area contributed by atoms with Gasteiger partial charge in [0.2, 0.25) is 5.69 Å². The summed E-state index contributed by atoms with van der Waals surface area (Å²) in [5.74, 6) is -1.34. The van der Waals surface area contributed by atoms with Crippen LogP contribution < -0.4 is 4.90 Å². The second-order valence-corrected chi connectivity index (χ2v) is 3.89. The number of nitrogens with zero attached hydrogens (tertiary/aromatic N) is 4. The molecule has 0 aromatic carbocycles. The second kappa shape index (κ2) is 6.24. The van der Waals surface area contributed by atoms with Crippen LogP contribution in [0.3, 0.4) is 0 Å². The predicted molar refractivity (Wildman–Crippen MR) is 65.5 cm³/mol. The molecule has 20 heavy (non-hydrogen) atoms. The summed E-state index contributed by atoms with van der Waals surface area (Å²) >= 11 is 0. The van der Waals surface area contributed by atoms with Crippen LogP contribution in [0.15, 0.2) is 0 Å². The zero-order valence-corrected chi connectivity index (χ0v) is 11.2. The van der Waals surface area contributed by atoms with Crippen LogP contribution in [0.5, 0.6) is 0 Å². The van der Waals surface area contributed by atoms with Crippen molar-refractivity contribution < 1.29 is 23.8 Å². The molecule has 2 heterocycles. The summed E-state index contributed by atoms with van der Waals surface area (Å²) in [6.07, 6.45) is 0. The normalized spacial score (nSPS) is 14.8. The van der Waals surface area contributed by atoms with Crippen LogP contribution in [0.4, 0.5) is 5.82 Å².